The Hall–Kier alpha value is -0.590. The predicted octanol–water partition coefficient (Wildman–Crippen LogP) is -0.729. The molecule has 0 N–H and O–H groups in total. The van der Waals surface area contributed by atoms with Crippen molar-refractivity contribution >= 4 is 10.1 Å². The van der Waals surface area contributed by atoms with E-state index in [1.807, 2.05) is 6.92 Å². The van der Waals surface area contributed by atoms with Gasteiger partial charge in [0.25, 0.3) is 0 Å². The number of hydrogen-bond donors (Lipinski definition) is 0. The van der Waals surface area contributed by atoms with E-state index in [9.17, 15) is 13.0 Å². The van der Waals surface area contributed by atoms with Crippen molar-refractivity contribution in [3.8, 4) is 16.9 Å². The average Bonchev–Trinajstić information content (AvgIpc) is 2.56. The Morgan fingerprint density at radius 1 is 1.26 bits per heavy atom. The van der Waals surface area contributed by atoms with Crippen LogP contribution in [-0.2, 0) is 16.5 Å². The molecule has 0 saturated heterocycles. The second-order valence-corrected chi connectivity index (χ2v) is 5.26. The molecule has 0 bridgehead atoms. The SMILES string of the molecule is CCc1cc(S(=O)(=O)[O-])c2ccccc(OC)c1-2.[Na+]. The van der Waals surface area contributed by atoms with E-state index in [1.54, 1.807) is 24.3 Å². The Morgan fingerprint density at radius 3 is 2.42 bits per heavy atom. The third kappa shape index (κ3) is 3.12. The van der Waals surface area contributed by atoms with Gasteiger partial charge in [-0.05, 0) is 24.1 Å². The molecule has 19 heavy (non-hydrogen) atoms. The van der Waals surface area contributed by atoms with Crippen LogP contribution >= 0.6 is 0 Å². The Bertz CT molecular complexity index is 652. The normalized spacial score (nSPS) is 11.1. The summed E-state index contributed by atoms with van der Waals surface area (Å²) in [6, 6.07) is 8.26. The van der Waals surface area contributed by atoms with Crippen molar-refractivity contribution in [2.75, 3.05) is 7.11 Å². The van der Waals surface area contributed by atoms with Gasteiger partial charge in [-0.15, -0.1) is 0 Å². The monoisotopic (exact) mass is 288 g/mol. The average molecular weight is 288 g/mol. The molecule has 0 heterocycles. The van der Waals surface area contributed by atoms with E-state index in [4.69, 9.17) is 4.74 Å². The quantitative estimate of drug-likeness (QED) is 0.552. The van der Waals surface area contributed by atoms with Crippen molar-refractivity contribution < 1.29 is 47.3 Å². The minimum Gasteiger partial charge on any atom is -0.744 e. The van der Waals surface area contributed by atoms with Crippen LogP contribution in [0.15, 0.2) is 35.2 Å². The first-order chi connectivity index (χ1) is 8.49. The summed E-state index contributed by atoms with van der Waals surface area (Å²) in [7, 11) is -2.96. The molecule has 2 aliphatic rings. The predicted molar refractivity (Wildman–Crippen MR) is 67.0 cm³/mol. The Labute approximate surface area is 135 Å². The molecule has 0 saturated carbocycles. The van der Waals surface area contributed by atoms with E-state index in [2.05, 4.69) is 0 Å². The molecule has 0 amide bonds. The molecular formula is C13H13NaO4S. The summed E-state index contributed by atoms with van der Waals surface area (Å²) in [6.45, 7) is 1.91. The van der Waals surface area contributed by atoms with E-state index in [1.165, 1.54) is 13.2 Å². The van der Waals surface area contributed by atoms with Crippen LogP contribution in [0.1, 0.15) is 12.5 Å². The van der Waals surface area contributed by atoms with Crippen LogP contribution in [0, 0.1) is 0 Å². The molecule has 0 atom stereocenters. The summed E-state index contributed by atoms with van der Waals surface area (Å²) in [4.78, 5) is -0.177. The molecule has 0 spiro atoms. The van der Waals surface area contributed by atoms with Crippen molar-refractivity contribution in [1.82, 2.24) is 0 Å². The Kier molecular flexibility index (Phi) is 5.41. The fourth-order valence-electron chi connectivity index (χ4n) is 2.09. The first-order valence-electron chi connectivity index (χ1n) is 5.53. The maximum atomic E-state index is 11.3. The van der Waals surface area contributed by atoms with Gasteiger partial charge in [0.05, 0.1) is 12.0 Å². The summed E-state index contributed by atoms with van der Waals surface area (Å²) in [6.07, 6.45) is 0.631. The van der Waals surface area contributed by atoms with Gasteiger partial charge in [0.15, 0.2) is 0 Å². The van der Waals surface area contributed by atoms with Crippen molar-refractivity contribution in [1.29, 1.82) is 0 Å². The largest absolute Gasteiger partial charge is 1.00 e. The van der Waals surface area contributed by atoms with Crippen LogP contribution < -0.4 is 34.3 Å². The summed E-state index contributed by atoms with van der Waals surface area (Å²) in [5.41, 5.74) is 1.91. The van der Waals surface area contributed by atoms with Crippen molar-refractivity contribution in [3.63, 3.8) is 0 Å². The van der Waals surface area contributed by atoms with Gasteiger partial charge in [0.2, 0.25) is 0 Å². The van der Waals surface area contributed by atoms with Gasteiger partial charge in [-0.3, -0.25) is 0 Å². The molecule has 4 nitrogen and oxygen atoms in total. The molecule has 0 aromatic carbocycles. The topological polar surface area (TPSA) is 66.4 Å². The summed E-state index contributed by atoms with van der Waals surface area (Å²) >= 11 is 0. The van der Waals surface area contributed by atoms with Gasteiger partial charge in [0.1, 0.15) is 15.9 Å². The van der Waals surface area contributed by atoms with Crippen LogP contribution in [-0.4, -0.2) is 20.1 Å². The molecule has 96 valence electrons. The van der Waals surface area contributed by atoms with Crippen molar-refractivity contribution in [2.45, 2.75) is 18.2 Å². The zero-order chi connectivity index (χ0) is 13.3. The molecular weight excluding hydrogens is 275 g/mol. The van der Waals surface area contributed by atoms with Gasteiger partial charge in [-0.1, -0.05) is 25.1 Å². The summed E-state index contributed by atoms with van der Waals surface area (Å²) in [5.74, 6) is 0.571. The number of methoxy groups -OCH3 is 1. The molecule has 2 rings (SSSR count). The van der Waals surface area contributed by atoms with E-state index < -0.39 is 10.1 Å². The minimum absolute atomic E-state index is 0. The summed E-state index contributed by atoms with van der Waals surface area (Å²) < 4.78 is 39.1. The third-order valence-corrected chi connectivity index (χ3v) is 3.78. The van der Waals surface area contributed by atoms with Crippen LogP contribution in [0.25, 0.3) is 11.1 Å². The van der Waals surface area contributed by atoms with E-state index in [-0.39, 0.29) is 34.5 Å². The zero-order valence-electron chi connectivity index (χ0n) is 11.1. The molecule has 6 heteroatoms. The van der Waals surface area contributed by atoms with Crippen LogP contribution in [0.5, 0.6) is 5.75 Å². The second kappa shape index (κ2) is 6.24. The van der Waals surface area contributed by atoms with Crippen LogP contribution in [0.2, 0.25) is 0 Å². The van der Waals surface area contributed by atoms with Crippen molar-refractivity contribution in [2.24, 2.45) is 0 Å². The van der Waals surface area contributed by atoms with E-state index >= 15 is 0 Å². The standard InChI is InChI=1S/C13H14O4S.Na/c1-3-9-8-12(18(14,15)16)10-6-4-5-7-11(17-2)13(9)10;/h4-8H,3H2,1-2H3,(H,14,15,16);/q;+1/p-1. The number of ether oxygens (including phenoxy) is 1. The number of aryl methyl sites for hydroxylation is 1. The second-order valence-electron chi connectivity index (χ2n) is 3.92. The molecule has 0 unspecified atom stereocenters. The fourth-order valence-corrected chi connectivity index (χ4v) is 2.82. The molecule has 0 aromatic heterocycles. The Balaban J connectivity index is 0.00000180. The van der Waals surface area contributed by atoms with E-state index in [0.29, 0.717) is 23.3 Å². The number of hydrogen-bond acceptors (Lipinski definition) is 4. The minimum atomic E-state index is -4.48. The molecule has 2 aliphatic carbocycles. The van der Waals surface area contributed by atoms with Gasteiger partial charge in [-0.25, -0.2) is 8.42 Å². The van der Waals surface area contributed by atoms with Crippen LogP contribution in [0.4, 0.5) is 0 Å². The van der Waals surface area contributed by atoms with Gasteiger partial charge < -0.3 is 9.29 Å². The number of rotatable bonds is 3. The number of fused-ring (bicyclic) bond motifs is 1. The third-order valence-electron chi connectivity index (χ3n) is 2.90. The van der Waals surface area contributed by atoms with Gasteiger partial charge in [0, 0.05) is 11.1 Å². The first kappa shape index (κ1) is 16.5. The molecule has 0 radical (unpaired) electrons. The summed E-state index contributed by atoms with van der Waals surface area (Å²) in [5, 5.41) is 0. The van der Waals surface area contributed by atoms with Crippen LogP contribution in [0.3, 0.4) is 0 Å². The van der Waals surface area contributed by atoms with E-state index in [0.717, 1.165) is 5.56 Å². The first-order valence-corrected chi connectivity index (χ1v) is 6.94. The smallest absolute Gasteiger partial charge is 0.744 e. The van der Waals surface area contributed by atoms with Gasteiger partial charge in [-0.2, -0.15) is 0 Å². The maximum Gasteiger partial charge on any atom is 1.00 e. The fraction of sp³-hybridized carbons (Fsp3) is 0.231. The molecule has 0 aromatic rings. The molecule has 0 fully saturated rings. The zero-order valence-corrected chi connectivity index (χ0v) is 14.0. The Morgan fingerprint density at radius 2 is 1.89 bits per heavy atom. The van der Waals surface area contributed by atoms with Crippen molar-refractivity contribution in [3.05, 3.63) is 35.9 Å². The van der Waals surface area contributed by atoms with Gasteiger partial charge >= 0.3 is 29.6 Å². The molecule has 0 aliphatic heterocycles. The maximum absolute atomic E-state index is 11.3.